The smallest absolute Gasteiger partial charge is 0.243 e. The largest absolute Gasteiger partial charge is 0.378 e. The van der Waals surface area contributed by atoms with Crippen molar-refractivity contribution in [2.24, 2.45) is 0 Å². The average Bonchev–Trinajstić information content (AvgIpc) is 2.64. The fraction of sp³-hybridized carbons (Fsp3) is 0.556. The van der Waals surface area contributed by atoms with Gasteiger partial charge in [0, 0.05) is 38.4 Å². The maximum Gasteiger partial charge on any atom is 0.243 e. The van der Waals surface area contributed by atoms with Gasteiger partial charge >= 0.3 is 0 Å². The first kappa shape index (κ1) is 17.8. The molecule has 1 aromatic rings. The fourth-order valence-electron chi connectivity index (χ4n) is 3.01. The number of morpholine rings is 1. The van der Waals surface area contributed by atoms with Crippen LogP contribution in [-0.4, -0.2) is 80.6 Å². The van der Waals surface area contributed by atoms with E-state index in [1.807, 2.05) is 29.2 Å². The highest BCUT2D eigenvalue weighted by Crippen LogP contribution is 2.12. The van der Waals surface area contributed by atoms with Crippen molar-refractivity contribution in [1.82, 2.24) is 15.1 Å². The van der Waals surface area contributed by atoms with Crippen molar-refractivity contribution in [3.63, 3.8) is 0 Å². The average molecular weight is 346 g/mol. The molecule has 1 unspecified atom stereocenters. The number of anilines is 1. The number of hydrogen-bond acceptors (Lipinski definition) is 5. The number of nitrogens with one attached hydrogen (secondary N) is 2. The molecule has 0 radical (unpaired) electrons. The molecule has 1 atom stereocenters. The number of carbonyl (C=O) groups excluding carboxylic acids is 2. The molecule has 136 valence electrons. The second-order valence-corrected chi connectivity index (χ2v) is 6.63. The zero-order valence-corrected chi connectivity index (χ0v) is 14.7. The number of rotatable bonds is 4. The molecule has 0 saturated carbocycles. The molecule has 2 N–H and O–H groups in total. The van der Waals surface area contributed by atoms with E-state index in [1.165, 1.54) is 0 Å². The maximum absolute atomic E-state index is 12.4. The molecule has 2 aliphatic heterocycles. The van der Waals surface area contributed by atoms with Gasteiger partial charge in [-0.25, -0.2) is 0 Å². The van der Waals surface area contributed by atoms with Gasteiger partial charge in [0.2, 0.25) is 11.8 Å². The summed E-state index contributed by atoms with van der Waals surface area (Å²) in [4.78, 5) is 28.7. The van der Waals surface area contributed by atoms with Gasteiger partial charge in [-0.15, -0.1) is 0 Å². The predicted molar refractivity (Wildman–Crippen MR) is 95.5 cm³/mol. The zero-order chi connectivity index (χ0) is 17.6. The lowest BCUT2D eigenvalue weighted by Gasteiger charge is -2.32. The Morgan fingerprint density at radius 2 is 1.92 bits per heavy atom. The van der Waals surface area contributed by atoms with Gasteiger partial charge in [0.05, 0.1) is 19.6 Å². The molecule has 2 heterocycles. The Bertz CT molecular complexity index is 591. The van der Waals surface area contributed by atoms with E-state index in [0.29, 0.717) is 26.2 Å². The Kier molecular flexibility index (Phi) is 6.01. The minimum atomic E-state index is -0.313. The standard InChI is InChI=1S/C18H26N4O3/c1-21-7-9-22(10-8-21)17(23)12-14-2-4-15(5-3-14)20-18(24)16-13-25-11-6-19-16/h2-5,16,19H,6-13H2,1H3,(H,20,24). The quantitative estimate of drug-likeness (QED) is 0.798. The minimum absolute atomic E-state index is 0.0963. The first-order valence-corrected chi connectivity index (χ1v) is 8.79. The van der Waals surface area contributed by atoms with Crippen LogP contribution in [0.3, 0.4) is 0 Å². The molecule has 0 spiro atoms. The molecule has 3 rings (SSSR count). The number of nitrogens with zero attached hydrogens (tertiary/aromatic N) is 2. The van der Waals surface area contributed by atoms with Crippen molar-refractivity contribution < 1.29 is 14.3 Å². The van der Waals surface area contributed by atoms with E-state index < -0.39 is 0 Å². The van der Waals surface area contributed by atoms with Crippen molar-refractivity contribution in [3.05, 3.63) is 29.8 Å². The van der Waals surface area contributed by atoms with Crippen LogP contribution in [0, 0.1) is 0 Å². The molecule has 2 saturated heterocycles. The summed E-state index contributed by atoms with van der Waals surface area (Å²) in [7, 11) is 2.07. The van der Waals surface area contributed by atoms with Gasteiger partial charge in [0.15, 0.2) is 0 Å². The second kappa shape index (κ2) is 8.42. The first-order chi connectivity index (χ1) is 12.1. The summed E-state index contributed by atoms with van der Waals surface area (Å²) < 4.78 is 5.30. The van der Waals surface area contributed by atoms with E-state index in [9.17, 15) is 9.59 Å². The number of piperazine rings is 1. The van der Waals surface area contributed by atoms with Gasteiger partial charge in [-0.1, -0.05) is 12.1 Å². The van der Waals surface area contributed by atoms with Crippen molar-refractivity contribution in [3.8, 4) is 0 Å². The summed E-state index contributed by atoms with van der Waals surface area (Å²) >= 11 is 0. The number of hydrogen-bond donors (Lipinski definition) is 2. The summed E-state index contributed by atoms with van der Waals surface area (Å²) in [5.74, 6) is 0.0643. The third-order valence-electron chi connectivity index (χ3n) is 4.67. The third-order valence-corrected chi connectivity index (χ3v) is 4.67. The molecule has 7 heteroatoms. The fourth-order valence-corrected chi connectivity index (χ4v) is 3.01. The Morgan fingerprint density at radius 3 is 2.56 bits per heavy atom. The van der Waals surface area contributed by atoms with Crippen LogP contribution in [0.1, 0.15) is 5.56 Å². The van der Waals surface area contributed by atoms with E-state index in [1.54, 1.807) is 0 Å². The van der Waals surface area contributed by atoms with Crippen molar-refractivity contribution >= 4 is 17.5 Å². The third kappa shape index (κ3) is 5.01. The van der Waals surface area contributed by atoms with Crippen LogP contribution in [0.15, 0.2) is 24.3 Å². The van der Waals surface area contributed by atoms with Crippen molar-refractivity contribution in [2.75, 3.05) is 58.3 Å². The van der Waals surface area contributed by atoms with Crippen LogP contribution in [0.5, 0.6) is 0 Å². The lowest BCUT2D eigenvalue weighted by Crippen LogP contribution is -2.48. The van der Waals surface area contributed by atoms with E-state index in [0.717, 1.165) is 37.4 Å². The molecule has 7 nitrogen and oxygen atoms in total. The second-order valence-electron chi connectivity index (χ2n) is 6.63. The van der Waals surface area contributed by atoms with Crippen LogP contribution >= 0.6 is 0 Å². The Labute approximate surface area is 148 Å². The van der Waals surface area contributed by atoms with E-state index >= 15 is 0 Å². The Morgan fingerprint density at radius 1 is 1.20 bits per heavy atom. The summed E-state index contributed by atoms with van der Waals surface area (Å²) in [6, 6.07) is 7.16. The molecule has 2 aliphatic rings. The van der Waals surface area contributed by atoms with E-state index in [2.05, 4.69) is 22.6 Å². The molecule has 0 bridgehead atoms. The Hall–Kier alpha value is -1.96. The monoisotopic (exact) mass is 346 g/mol. The van der Waals surface area contributed by atoms with Gasteiger partial charge in [-0.2, -0.15) is 0 Å². The van der Waals surface area contributed by atoms with Gasteiger partial charge in [-0.3, -0.25) is 9.59 Å². The molecular weight excluding hydrogens is 320 g/mol. The SMILES string of the molecule is CN1CCN(C(=O)Cc2ccc(NC(=O)C3COCCN3)cc2)CC1. The molecule has 0 aromatic heterocycles. The van der Waals surface area contributed by atoms with Crippen molar-refractivity contribution in [1.29, 1.82) is 0 Å². The van der Waals surface area contributed by atoms with Crippen LogP contribution < -0.4 is 10.6 Å². The van der Waals surface area contributed by atoms with Gasteiger partial charge in [-0.05, 0) is 24.7 Å². The Balaban J connectivity index is 1.49. The summed E-state index contributed by atoms with van der Waals surface area (Å²) in [6.45, 7) is 5.15. The molecule has 25 heavy (non-hydrogen) atoms. The van der Waals surface area contributed by atoms with Crippen LogP contribution in [0.4, 0.5) is 5.69 Å². The van der Waals surface area contributed by atoms with E-state index in [-0.39, 0.29) is 17.9 Å². The molecule has 2 amide bonds. The number of benzene rings is 1. The van der Waals surface area contributed by atoms with Gasteiger partial charge < -0.3 is 25.2 Å². The van der Waals surface area contributed by atoms with Gasteiger partial charge in [0.25, 0.3) is 0 Å². The van der Waals surface area contributed by atoms with Crippen LogP contribution in [-0.2, 0) is 20.7 Å². The first-order valence-electron chi connectivity index (χ1n) is 8.79. The predicted octanol–water partition coefficient (Wildman–Crippen LogP) is -0.0700. The highest BCUT2D eigenvalue weighted by Gasteiger charge is 2.21. The highest BCUT2D eigenvalue weighted by atomic mass is 16.5. The number of carbonyl (C=O) groups is 2. The van der Waals surface area contributed by atoms with E-state index in [4.69, 9.17) is 4.74 Å². The normalized spacial score (nSPS) is 21.8. The summed E-state index contributed by atoms with van der Waals surface area (Å²) in [6.07, 6.45) is 0.399. The zero-order valence-electron chi connectivity index (χ0n) is 14.7. The molecule has 0 aliphatic carbocycles. The van der Waals surface area contributed by atoms with Gasteiger partial charge in [0.1, 0.15) is 6.04 Å². The van der Waals surface area contributed by atoms with Crippen LogP contribution in [0.2, 0.25) is 0 Å². The van der Waals surface area contributed by atoms with Crippen LogP contribution in [0.25, 0.3) is 0 Å². The topological polar surface area (TPSA) is 73.9 Å². The molecule has 2 fully saturated rings. The minimum Gasteiger partial charge on any atom is -0.378 e. The lowest BCUT2D eigenvalue weighted by molar-refractivity contribution is -0.132. The van der Waals surface area contributed by atoms with Crippen molar-refractivity contribution in [2.45, 2.75) is 12.5 Å². The number of amides is 2. The molecular formula is C18H26N4O3. The number of likely N-dealkylation sites (N-methyl/N-ethyl adjacent to an activating group) is 1. The number of ether oxygens (including phenoxy) is 1. The summed E-state index contributed by atoms with van der Waals surface area (Å²) in [5, 5.41) is 6.00. The lowest BCUT2D eigenvalue weighted by atomic mass is 10.1. The summed E-state index contributed by atoms with van der Waals surface area (Å²) in [5.41, 5.74) is 1.69. The molecule has 1 aromatic carbocycles. The highest BCUT2D eigenvalue weighted by molar-refractivity contribution is 5.95. The maximum atomic E-state index is 12.4.